The van der Waals surface area contributed by atoms with Gasteiger partial charge < -0.3 is 10.1 Å². The summed E-state index contributed by atoms with van der Waals surface area (Å²) in [5.74, 6) is 0.862. The first-order valence-electron chi connectivity index (χ1n) is 4.47. The Morgan fingerprint density at radius 2 is 2.29 bits per heavy atom. The molecule has 1 saturated heterocycles. The van der Waals surface area contributed by atoms with Gasteiger partial charge in [-0.15, -0.1) is 12.4 Å². The van der Waals surface area contributed by atoms with E-state index in [0.29, 0.717) is 6.10 Å². The van der Waals surface area contributed by atoms with E-state index < -0.39 is 0 Å². The van der Waals surface area contributed by atoms with E-state index in [-0.39, 0.29) is 12.4 Å². The van der Waals surface area contributed by atoms with Gasteiger partial charge in [-0.25, -0.2) is 0 Å². The summed E-state index contributed by atoms with van der Waals surface area (Å²) in [5, 5.41) is 3.97. The lowest BCUT2D eigenvalue weighted by molar-refractivity contribution is 0.223. The Hall–Kier alpha value is -0.440. The van der Waals surface area contributed by atoms with Crippen LogP contribution in [0.5, 0.6) is 5.75 Å². The van der Waals surface area contributed by atoms with E-state index >= 15 is 0 Å². The molecular weight excluding hydrogens is 221 g/mol. The molecule has 0 bridgehead atoms. The fourth-order valence-corrected chi connectivity index (χ4v) is 1.64. The molecule has 1 aliphatic heterocycles. The van der Waals surface area contributed by atoms with Gasteiger partial charge in [0, 0.05) is 11.6 Å². The summed E-state index contributed by atoms with van der Waals surface area (Å²) in [5.41, 5.74) is 0. The van der Waals surface area contributed by atoms with Crippen LogP contribution >= 0.6 is 24.0 Å². The highest BCUT2D eigenvalue weighted by atomic mass is 35.5. The summed E-state index contributed by atoms with van der Waals surface area (Å²) in [6.45, 7) is 1.98. The van der Waals surface area contributed by atoms with Crippen LogP contribution < -0.4 is 10.1 Å². The Labute approximate surface area is 95.0 Å². The zero-order valence-corrected chi connectivity index (χ0v) is 9.27. The van der Waals surface area contributed by atoms with Crippen LogP contribution in [0, 0.1) is 0 Å². The van der Waals surface area contributed by atoms with Crippen LogP contribution in [0.4, 0.5) is 0 Å². The summed E-state index contributed by atoms with van der Waals surface area (Å²) in [7, 11) is 0. The normalized spacial score (nSPS) is 20.2. The van der Waals surface area contributed by atoms with E-state index in [4.69, 9.17) is 16.3 Å². The molecule has 1 aliphatic rings. The van der Waals surface area contributed by atoms with Crippen molar-refractivity contribution in [1.29, 1.82) is 0 Å². The van der Waals surface area contributed by atoms with Crippen molar-refractivity contribution in [2.24, 2.45) is 0 Å². The van der Waals surface area contributed by atoms with Crippen LogP contribution in [0.2, 0.25) is 5.02 Å². The molecule has 14 heavy (non-hydrogen) atoms. The number of ether oxygens (including phenoxy) is 1. The van der Waals surface area contributed by atoms with Crippen LogP contribution in [-0.4, -0.2) is 19.2 Å². The maximum absolute atomic E-state index is 5.83. The highest BCUT2D eigenvalue weighted by Gasteiger charge is 2.15. The smallest absolute Gasteiger partial charge is 0.121 e. The van der Waals surface area contributed by atoms with Crippen molar-refractivity contribution in [2.45, 2.75) is 12.5 Å². The van der Waals surface area contributed by atoms with Gasteiger partial charge in [-0.3, -0.25) is 0 Å². The number of halogens is 2. The van der Waals surface area contributed by atoms with E-state index in [0.717, 1.165) is 30.3 Å². The van der Waals surface area contributed by atoms with E-state index in [1.807, 2.05) is 24.3 Å². The van der Waals surface area contributed by atoms with Crippen LogP contribution in [0.25, 0.3) is 0 Å². The van der Waals surface area contributed by atoms with Crippen molar-refractivity contribution < 1.29 is 4.74 Å². The molecular formula is C10H13Cl2NO. The topological polar surface area (TPSA) is 21.3 Å². The number of benzene rings is 1. The molecule has 0 unspecified atom stereocenters. The summed E-state index contributed by atoms with van der Waals surface area (Å²) >= 11 is 5.83. The molecule has 2 nitrogen and oxygen atoms in total. The van der Waals surface area contributed by atoms with Crippen molar-refractivity contribution in [3.63, 3.8) is 0 Å². The molecule has 78 valence electrons. The third kappa shape index (κ3) is 3.05. The Bertz CT molecular complexity index is 287. The van der Waals surface area contributed by atoms with Gasteiger partial charge in [-0.05, 0) is 31.2 Å². The van der Waals surface area contributed by atoms with E-state index in [1.165, 1.54) is 0 Å². The predicted octanol–water partition coefficient (Wildman–Crippen LogP) is 2.50. The van der Waals surface area contributed by atoms with Gasteiger partial charge in [-0.1, -0.05) is 17.7 Å². The molecule has 2 rings (SSSR count). The lowest BCUT2D eigenvalue weighted by atomic mass is 10.3. The second kappa shape index (κ2) is 5.44. The van der Waals surface area contributed by atoms with Crippen LogP contribution in [-0.2, 0) is 0 Å². The molecule has 0 aliphatic carbocycles. The van der Waals surface area contributed by atoms with Gasteiger partial charge in [0.05, 0.1) is 0 Å². The molecule has 0 spiro atoms. The molecule has 1 atom stereocenters. The van der Waals surface area contributed by atoms with Crippen LogP contribution in [0.3, 0.4) is 0 Å². The molecule has 1 aromatic rings. The SMILES string of the molecule is Cl.Clc1cccc(O[C@H]2CCNC2)c1. The Morgan fingerprint density at radius 3 is 2.93 bits per heavy atom. The molecule has 1 heterocycles. The fourth-order valence-electron chi connectivity index (χ4n) is 1.46. The predicted molar refractivity (Wildman–Crippen MR) is 60.6 cm³/mol. The Morgan fingerprint density at radius 1 is 1.43 bits per heavy atom. The second-order valence-electron chi connectivity index (χ2n) is 3.19. The third-order valence-electron chi connectivity index (χ3n) is 2.11. The summed E-state index contributed by atoms with van der Waals surface area (Å²) in [6.07, 6.45) is 1.38. The number of nitrogens with one attached hydrogen (secondary N) is 1. The van der Waals surface area contributed by atoms with Gasteiger partial charge in [-0.2, -0.15) is 0 Å². The van der Waals surface area contributed by atoms with Gasteiger partial charge in [0.1, 0.15) is 11.9 Å². The fraction of sp³-hybridized carbons (Fsp3) is 0.400. The van der Waals surface area contributed by atoms with Crippen molar-refractivity contribution >= 4 is 24.0 Å². The Kier molecular flexibility index (Phi) is 4.52. The first-order valence-corrected chi connectivity index (χ1v) is 4.85. The molecule has 0 saturated carbocycles. The lowest BCUT2D eigenvalue weighted by Gasteiger charge is -2.11. The van der Waals surface area contributed by atoms with E-state index in [9.17, 15) is 0 Å². The number of rotatable bonds is 2. The van der Waals surface area contributed by atoms with Gasteiger partial charge in [0.15, 0.2) is 0 Å². The zero-order valence-electron chi connectivity index (χ0n) is 7.70. The molecule has 4 heteroatoms. The highest BCUT2D eigenvalue weighted by Crippen LogP contribution is 2.19. The summed E-state index contributed by atoms with van der Waals surface area (Å²) < 4.78 is 5.71. The maximum atomic E-state index is 5.83. The van der Waals surface area contributed by atoms with Crippen molar-refractivity contribution in [3.8, 4) is 5.75 Å². The number of hydrogen-bond donors (Lipinski definition) is 1. The average Bonchev–Trinajstić information content (AvgIpc) is 2.57. The van der Waals surface area contributed by atoms with E-state index in [2.05, 4.69) is 5.32 Å². The summed E-state index contributed by atoms with van der Waals surface area (Å²) in [6, 6.07) is 7.53. The summed E-state index contributed by atoms with van der Waals surface area (Å²) in [4.78, 5) is 0. The molecule has 0 amide bonds. The zero-order chi connectivity index (χ0) is 9.10. The van der Waals surface area contributed by atoms with Crippen LogP contribution in [0.15, 0.2) is 24.3 Å². The van der Waals surface area contributed by atoms with Gasteiger partial charge >= 0.3 is 0 Å². The highest BCUT2D eigenvalue weighted by molar-refractivity contribution is 6.30. The first-order chi connectivity index (χ1) is 6.34. The van der Waals surface area contributed by atoms with Crippen molar-refractivity contribution in [1.82, 2.24) is 5.32 Å². The standard InChI is InChI=1S/C10H12ClNO.ClH/c11-8-2-1-3-9(6-8)13-10-4-5-12-7-10;/h1-3,6,10,12H,4-5,7H2;1H/t10-;/m0./s1. The molecule has 0 radical (unpaired) electrons. The van der Waals surface area contributed by atoms with Gasteiger partial charge in [0.2, 0.25) is 0 Å². The lowest BCUT2D eigenvalue weighted by Crippen LogP contribution is -2.19. The molecule has 1 aromatic carbocycles. The molecule has 1 N–H and O–H groups in total. The largest absolute Gasteiger partial charge is 0.489 e. The van der Waals surface area contributed by atoms with Gasteiger partial charge in [0.25, 0.3) is 0 Å². The first kappa shape index (κ1) is 11.6. The second-order valence-corrected chi connectivity index (χ2v) is 3.63. The monoisotopic (exact) mass is 233 g/mol. The average molecular weight is 234 g/mol. The van der Waals surface area contributed by atoms with Crippen molar-refractivity contribution in [2.75, 3.05) is 13.1 Å². The van der Waals surface area contributed by atoms with Crippen LogP contribution in [0.1, 0.15) is 6.42 Å². The minimum absolute atomic E-state index is 0. The Balaban J connectivity index is 0.000000980. The van der Waals surface area contributed by atoms with Crippen molar-refractivity contribution in [3.05, 3.63) is 29.3 Å². The third-order valence-corrected chi connectivity index (χ3v) is 2.35. The quantitative estimate of drug-likeness (QED) is 0.848. The number of hydrogen-bond acceptors (Lipinski definition) is 2. The molecule has 1 fully saturated rings. The maximum Gasteiger partial charge on any atom is 0.121 e. The minimum atomic E-state index is 0. The minimum Gasteiger partial charge on any atom is -0.489 e. The molecule has 0 aromatic heterocycles. The van der Waals surface area contributed by atoms with E-state index in [1.54, 1.807) is 0 Å².